The molecule has 2 heterocycles. The average molecular weight is 268 g/mol. The van der Waals surface area contributed by atoms with E-state index in [1.807, 2.05) is 0 Å². The number of carbonyl (C=O) groups excluding carboxylic acids is 1. The largest absolute Gasteiger partial charge is 0.373 e. The lowest BCUT2D eigenvalue weighted by Gasteiger charge is -2.42. The van der Waals surface area contributed by atoms with Crippen molar-refractivity contribution in [3.63, 3.8) is 0 Å². The predicted molar refractivity (Wildman–Crippen MR) is 76.0 cm³/mol. The van der Waals surface area contributed by atoms with E-state index in [9.17, 15) is 4.79 Å². The van der Waals surface area contributed by atoms with Crippen LogP contribution in [0.5, 0.6) is 0 Å². The Morgan fingerprint density at radius 2 is 1.63 bits per heavy atom. The highest BCUT2D eigenvalue weighted by Crippen LogP contribution is 2.22. The number of nitrogens with zero attached hydrogens (tertiary/aromatic N) is 2. The van der Waals surface area contributed by atoms with Crippen molar-refractivity contribution in [2.24, 2.45) is 5.92 Å². The van der Waals surface area contributed by atoms with Crippen LogP contribution in [0.25, 0.3) is 0 Å². The molecule has 0 aromatic carbocycles. The van der Waals surface area contributed by atoms with Crippen LogP contribution in [0, 0.1) is 5.92 Å². The summed E-state index contributed by atoms with van der Waals surface area (Å²) in [6.07, 6.45) is 2.76. The van der Waals surface area contributed by atoms with Crippen molar-refractivity contribution in [1.82, 2.24) is 9.80 Å². The summed E-state index contributed by atoms with van der Waals surface area (Å²) in [7, 11) is 0. The molecule has 2 aliphatic rings. The van der Waals surface area contributed by atoms with Crippen LogP contribution in [-0.4, -0.2) is 60.1 Å². The minimum absolute atomic E-state index is 0.0203. The topological polar surface area (TPSA) is 32.8 Å². The van der Waals surface area contributed by atoms with Crippen LogP contribution in [-0.2, 0) is 9.53 Å². The van der Waals surface area contributed by atoms with E-state index < -0.39 is 0 Å². The number of ether oxygens (including phenoxy) is 1. The van der Waals surface area contributed by atoms with Crippen molar-refractivity contribution in [3.05, 3.63) is 0 Å². The van der Waals surface area contributed by atoms with Gasteiger partial charge in [0.05, 0.1) is 18.2 Å². The van der Waals surface area contributed by atoms with Gasteiger partial charge in [-0.1, -0.05) is 13.8 Å². The summed E-state index contributed by atoms with van der Waals surface area (Å²) >= 11 is 0. The van der Waals surface area contributed by atoms with E-state index >= 15 is 0 Å². The Morgan fingerprint density at radius 1 is 1.11 bits per heavy atom. The Kier molecular flexibility index (Phi) is 4.85. The summed E-state index contributed by atoms with van der Waals surface area (Å²) in [5.41, 5.74) is 0. The number of amides is 1. The zero-order valence-corrected chi connectivity index (χ0v) is 12.8. The van der Waals surface area contributed by atoms with Gasteiger partial charge in [0.15, 0.2) is 0 Å². The van der Waals surface area contributed by atoms with Gasteiger partial charge in [-0.2, -0.15) is 0 Å². The van der Waals surface area contributed by atoms with E-state index in [-0.39, 0.29) is 18.2 Å². The van der Waals surface area contributed by atoms with Crippen LogP contribution in [0.3, 0.4) is 0 Å². The first-order chi connectivity index (χ1) is 8.99. The molecule has 1 amide bonds. The molecular weight excluding hydrogens is 240 g/mol. The lowest BCUT2D eigenvalue weighted by molar-refractivity contribution is -0.144. The van der Waals surface area contributed by atoms with Crippen molar-refractivity contribution < 1.29 is 9.53 Å². The van der Waals surface area contributed by atoms with Gasteiger partial charge in [-0.05, 0) is 32.6 Å². The number of morpholine rings is 1. The van der Waals surface area contributed by atoms with Gasteiger partial charge in [0.2, 0.25) is 5.91 Å². The Morgan fingerprint density at radius 3 is 2.11 bits per heavy atom. The molecule has 19 heavy (non-hydrogen) atoms. The Labute approximate surface area is 117 Å². The Hall–Kier alpha value is -0.610. The van der Waals surface area contributed by atoms with E-state index in [0.29, 0.717) is 11.8 Å². The SMILES string of the molecule is CC1CN(C(C(=O)N2CCCC2)C(C)C)CC(C)O1. The van der Waals surface area contributed by atoms with E-state index in [1.54, 1.807) is 0 Å². The number of carbonyl (C=O) groups is 1. The van der Waals surface area contributed by atoms with Crippen LogP contribution in [0.4, 0.5) is 0 Å². The molecule has 2 rings (SSSR count). The molecule has 2 fully saturated rings. The monoisotopic (exact) mass is 268 g/mol. The standard InChI is InChI=1S/C15H28N2O2/c1-11(2)14(15(18)16-7-5-6-8-16)17-9-12(3)19-13(4)10-17/h11-14H,5-10H2,1-4H3. The molecule has 4 nitrogen and oxygen atoms in total. The minimum Gasteiger partial charge on any atom is -0.373 e. The third kappa shape index (κ3) is 3.48. The third-order valence-corrected chi connectivity index (χ3v) is 4.14. The van der Waals surface area contributed by atoms with Gasteiger partial charge in [-0.3, -0.25) is 9.69 Å². The lowest BCUT2D eigenvalue weighted by atomic mass is 9.99. The van der Waals surface area contributed by atoms with Crippen molar-refractivity contribution >= 4 is 5.91 Å². The van der Waals surface area contributed by atoms with Crippen LogP contribution in [0.15, 0.2) is 0 Å². The maximum atomic E-state index is 12.7. The molecule has 0 N–H and O–H groups in total. The van der Waals surface area contributed by atoms with Gasteiger partial charge in [0.1, 0.15) is 0 Å². The molecule has 0 aromatic heterocycles. The third-order valence-electron chi connectivity index (χ3n) is 4.14. The second-order valence-corrected chi connectivity index (χ2v) is 6.43. The van der Waals surface area contributed by atoms with Crippen molar-refractivity contribution in [3.8, 4) is 0 Å². The maximum absolute atomic E-state index is 12.7. The van der Waals surface area contributed by atoms with Gasteiger partial charge in [0.25, 0.3) is 0 Å². The smallest absolute Gasteiger partial charge is 0.240 e. The van der Waals surface area contributed by atoms with E-state index in [4.69, 9.17) is 4.74 Å². The second-order valence-electron chi connectivity index (χ2n) is 6.43. The molecule has 0 bridgehead atoms. The molecule has 0 aliphatic carbocycles. The zero-order valence-electron chi connectivity index (χ0n) is 12.8. The minimum atomic E-state index is 0.0203. The average Bonchev–Trinajstić information content (AvgIpc) is 2.80. The quantitative estimate of drug-likeness (QED) is 0.781. The number of likely N-dealkylation sites (tertiary alicyclic amines) is 1. The van der Waals surface area contributed by atoms with Crippen molar-refractivity contribution in [2.45, 2.75) is 58.8 Å². The Balaban J connectivity index is 2.08. The highest BCUT2D eigenvalue weighted by Gasteiger charge is 2.36. The first-order valence-electron chi connectivity index (χ1n) is 7.67. The molecule has 2 aliphatic heterocycles. The maximum Gasteiger partial charge on any atom is 0.240 e. The number of hydrogen-bond donors (Lipinski definition) is 0. The summed E-state index contributed by atoms with van der Waals surface area (Å²) in [5, 5.41) is 0. The number of hydrogen-bond acceptors (Lipinski definition) is 3. The molecule has 4 heteroatoms. The Bertz CT molecular complexity index is 303. The lowest BCUT2D eigenvalue weighted by Crippen LogP contribution is -2.57. The van der Waals surface area contributed by atoms with Crippen LogP contribution >= 0.6 is 0 Å². The number of rotatable bonds is 3. The highest BCUT2D eigenvalue weighted by molar-refractivity contribution is 5.82. The summed E-state index contributed by atoms with van der Waals surface area (Å²) in [6, 6.07) is 0.0203. The van der Waals surface area contributed by atoms with Crippen LogP contribution in [0.2, 0.25) is 0 Å². The molecule has 0 spiro atoms. The van der Waals surface area contributed by atoms with Gasteiger partial charge < -0.3 is 9.64 Å². The molecular formula is C15H28N2O2. The summed E-state index contributed by atoms with van der Waals surface area (Å²) in [5.74, 6) is 0.680. The summed E-state index contributed by atoms with van der Waals surface area (Å²) < 4.78 is 5.78. The molecule has 2 saturated heterocycles. The fourth-order valence-electron chi connectivity index (χ4n) is 3.43. The van der Waals surface area contributed by atoms with Crippen molar-refractivity contribution in [1.29, 1.82) is 0 Å². The fraction of sp³-hybridized carbons (Fsp3) is 0.933. The van der Waals surface area contributed by atoms with Gasteiger partial charge in [-0.15, -0.1) is 0 Å². The molecule has 0 aromatic rings. The van der Waals surface area contributed by atoms with Gasteiger partial charge in [0, 0.05) is 26.2 Å². The first kappa shape index (κ1) is 14.8. The molecule has 3 atom stereocenters. The molecule has 0 saturated carbocycles. The van der Waals surface area contributed by atoms with Gasteiger partial charge >= 0.3 is 0 Å². The fourth-order valence-corrected chi connectivity index (χ4v) is 3.43. The van der Waals surface area contributed by atoms with Crippen molar-refractivity contribution in [2.75, 3.05) is 26.2 Å². The molecule has 110 valence electrons. The van der Waals surface area contributed by atoms with E-state index in [1.165, 1.54) is 0 Å². The highest BCUT2D eigenvalue weighted by atomic mass is 16.5. The normalized spacial score (nSPS) is 30.9. The van der Waals surface area contributed by atoms with E-state index in [0.717, 1.165) is 39.0 Å². The van der Waals surface area contributed by atoms with Gasteiger partial charge in [-0.25, -0.2) is 0 Å². The zero-order chi connectivity index (χ0) is 14.0. The second kappa shape index (κ2) is 6.23. The predicted octanol–water partition coefficient (Wildman–Crippen LogP) is 1.74. The van der Waals surface area contributed by atoms with E-state index in [2.05, 4.69) is 37.5 Å². The van der Waals surface area contributed by atoms with Crippen LogP contribution < -0.4 is 0 Å². The summed E-state index contributed by atoms with van der Waals surface area (Å²) in [4.78, 5) is 17.1. The summed E-state index contributed by atoms with van der Waals surface area (Å²) in [6.45, 7) is 12.1. The first-order valence-corrected chi connectivity index (χ1v) is 7.67. The molecule has 3 unspecified atom stereocenters. The van der Waals surface area contributed by atoms with Crippen LogP contribution in [0.1, 0.15) is 40.5 Å². The molecule has 0 radical (unpaired) electrons.